The molecule has 1 aromatic carbocycles. The lowest BCUT2D eigenvalue weighted by Gasteiger charge is -2.28. The number of morpholine rings is 1. The van der Waals surface area contributed by atoms with Gasteiger partial charge in [-0.15, -0.1) is 0 Å². The Balaban J connectivity index is 1.66. The van der Waals surface area contributed by atoms with Crippen LogP contribution in [0, 0.1) is 0 Å². The SMILES string of the molecule is FC(F)(F)c1cnc(Nc2ccc(N3CCOCC3)cc2)cn1. The van der Waals surface area contributed by atoms with Crippen molar-refractivity contribution in [3.63, 3.8) is 0 Å². The van der Waals surface area contributed by atoms with Gasteiger partial charge in [0.1, 0.15) is 5.82 Å². The molecular weight excluding hydrogens is 309 g/mol. The quantitative estimate of drug-likeness (QED) is 0.940. The molecule has 1 fully saturated rings. The van der Waals surface area contributed by atoms with Crippen LogP contribution in [0.15, 0.2) is 36.7 Å². The van der Waals surface area contributed by atoms with Crippen molar-refractivity contribution in [3.8, 4) is 0 Å². The van der Waals surface area contributed by atoms with Crippen LogP contribution < -0.4 is 10.2 Å². The Bertz CT molecular complexity index is 637. The molecule has 0 radical (unpaired) electrons. The summed E-state index contributed by atoms with van der Waals surface area (Å²) in [6.45, 7) is 3.11. The van der Waals surface area contributed by atoms with Crippen molar-refractivity contribution in [2.45, 2.75) is 6.18 Å². The molecule has 0 aliphatic carbocycles. The fourth-order valence-corrected chi connectivity index (χ4v) is 2.26. The number of halogens is 3. The van der Waals surface area contributed by atoms with E-state index in [0.717, 1.165) is 30.7 Å². The van der Waals surface area contributed by atoms with E-state index in [1.165, 1.54) is 0 Å². The Morgan fingerprint density at radius 1 is 1.00 bits per heavy atom. The van der Waals surface area contributed by atoms with E-state index in [9.17, 15) is 13.2 Å². The maximum Gasteiger partial charge on any atom is 0.434 e. The van der Waals surface area contributed by atoms with Gasteiger partial charge in [-0.1, -0.05) is 0 Å². The highest BCUT2D eigenvalue weighted by Crippen LogP contribution is 2.27. The van der Waals surface area contributed by atoms with Gasteiger partial charge in [0.25, 0.3) is 0 Å². The Kier molecular flexibility index (Phi) is 4.33. The van der Waals surface area contributed by atoms with Crippen LogP contribution in [0.4, 0.5) is 30.4 Å². The molecule has 0 atom stereocenters. The summed E-state index contributed by atoms with van der Waals surface area (Å²) in [5.41, 5.74) is 0.805. The Labute approximate surface area is 131 Å². The lowest BCUT2D eigenvalue weighted by molar-refractivity contribution is -0.141. The Morgan fingerprint density at radius 2 is 1.70 bits per heavy atom. The van der Waals surface area contributed by atoms with Crippen LogP contribution in [0.3, 0.4) is 0 Å². The van der Waals surface area contributed by atoms with E-state index in [1.807, 2.05) is 24.3 Å². The molecule has 1 N–H and O–H groups in total. The molecule has 122 valence electrons. The van der Waals surface area contributed by atoms with E-state index >= 15 is 0 Å². The largest absolute Gasteiger partial charge is 0.434 e. The standard InChI is InChI=1S/C15H15F3N4O/c16-15(17,18)13-9-20-14(10-19-13)21-11-1-3-12(4-2-11)22-5-7-23-8-6-22/h1-4,9-10H,5-8H2,(H,20,21). The fourth-order valence-electron chi connectivity index (χ4n) is 2.26. The van der Waals surface area contributed by atoms with E-state index in [2.05, 4.69) is 20.2 Å². The molecule has 0 amide bonds. The van der Waals surface area contributed by atoms with Crippen LogP contribution in [0.25, 0.3) is 0 Å². The predicted octanol–water partition coefficient (Wildman–Crippen LogP) is 3.08. The molecule has 3 rings (SSSR count). The van der Waals surface area contributed by atoms with Gasteiger partial charge in [0.15, 0.2) is 5.69 Å². The molecule has 1 aliphatic heterocycles. The lowest BCUT2D eigenvalue weighted by atomic mass is 10.2. The molecule has 5 nitrogen and oxygen atoms in total. The summed E-state index contributed by atoms with van der Waals surface area (Å²) in [5.74, 6) is 0.261. The van der Waals surface area contributed by atoms with Gasteiger partial charge in [-0.05, 0) is 24.3 Å². The van der Waals surface area contributed by atoms with Crippen molar-refractivity contribution in [1.29, 1.82) is 0 Å². The second-order valence-electron chi connectivity index (χ2n) is 5.06. The lowest BCUT2D eigenvalue weighted by Crippen LogP contribution is -2.36. The third kappa shape index (κ3) is 3.89. The van der Waals surface area contributed by atoms with Crippen LogP contribution in [-0.4, -0.2) is 36.3 Å². The molecule has 2 heterocycles. The molecule has 0 saturated carbocycles. The molecule has 8 heteroatoms. The summed E-state index contributed by atoms with van der Waals surface area (Å²) < 4.78 is 42.6. The zero-order chi connectivity index (χ0) is 16.3. The molecular formula is C15H15F3N4O. The maximum atomic E-state index is 12.4. The summed E-state index contributed by atoms with van der Waals surface area (Å²) in [6.07, 6.45) is -2.70. The highest BCUT2D eigenvalue weighted by molar-refractivity contribution is 5.60. The van der Waals surface area contributed by atoms with Gasteiger partial charge in [0.2, 0.25) is 0 Å². The third-order valence-electron chi connectivity index (χ3n) is 3.46. The van der Waals surface area contributed by atoms with Crippen molar-refractivity contribution in [3.05, 3.63) is 42.4 Å². The summed E-state index contributed by atoms with van der Waals surface area (Å²) in [6, 6.07) is 7.60. The number of alkyl halides is 3. The van der Waals surface area contributed by atoms with E-state index in [4.69, 9.17) is 4.74 Å². The number of ether oxygens (including phenoxy) is 1. The zero-order valence-electron chi connectivity index (χ0n) is 12.2. The third-order valence-corrected chi connectivity index (χ3v) is 3.46. The van der Waals surface area contributed by atoms with Crippen LogP contribution in [0.1, 0.15) is 5.69 Å². The summed E-state index contributed by atoms with van der Waals surface area (Å²) >= 11 is 0. The van der Waals surface area contributed by atoms with Crippen LogP contribution in [-0.2, 0) is 10.9 Å². The Morgan fingerprint density at radius 3 is 2.26 bits per heavy atom. The minimum absolute atomic E-state index is 0.261. The molecule has 0 spiro atoms. The number of hydrogen-bond donors (Lipinski definition) is 1. The molecule has 2 aromatic rings. The van der Waals surface area contributed by atoms with Crippen molar-refractivity contribution in [2.24, 2.45) is 0 Å². The summed E-state index contributed by atoms with van der Waals surface area (Å²) in [5, 5.41) is 2.93. The maximum absolute atomic E-state index is 12.4. The first-order chi connectivity index (χ1) is 11.0. The highest BCUT2D eigenvalue weighted by Gasteiger charge is 2.32. The van der Waals surface area contributed by atoms with E-state index in [0.29, 0.717) is 19.4 Å². The molecule has 0 unspecified atom stereocenters. The van der Waals surface area contributed by atoms with Crippen molar-refractivity contribution >= 4 is 17.2 Å². The van der Waals surface area contributed by atoms with Gasteiger partial charge in [-0.3, -0.25) is 0 Å². The number of rotatable bonds is 3. The second-order valence-corrected chi connectivity index (χ2v) is 5.06. The molecule has 0 bridgehead atoms. The first kappa shape index (κ1) is 15.5. The topological polar surface area (TPSA) is 50.3 Å². The number of nitrogens with zero attached hydrogens (tertiary/aromatic N) is 3. The molecule has 1 aromatic heterocycles. The van der Waals surface area contributed by atoms with Crippen LogP contribution >= 0.6 is 0 Å². The number of anilines is 3. The normalized spacial score (nSPS) is 15.5. The minimum atomic E-state index is -4.48. The first-order valence-corrected chi connectivity index (χ1v) is 7.11. The van der Waals surface area contributed by atoms with Gasteiger partial charge >= 0.3 is 6.18 Å². The fraction of sp³-hybridized carbons (Fsp3) is 0.333. The van der Waals surface area contributed by atoms with E-state index in [-0.39, 0.29) is 5.82 Å². The monoisotopic (exact) mass is 324 g/mol. The molecule has 1 aliphatic rings. The van der Waals surface area contributed by atoms with Gasteiger partial charge in [-0.2, -0.15) is 13.2 Å². The van der Waals surface area contributed by atoms with Gasteiger partial charge in [-0.25, -0.2) is 9.97 Å². The zero-order valence-corrected chi connectivity index (χ0v) is 12.2. The number of aromatic nitrogens is 2. The van der Waals surface area contributed by atoms with Crippen LogP contribution in [0.5, 0.6) is 0 Å². The van der Waals surface area contributed by atoms with Gasteiger partial charge in [0, 0.05) is 24.5 Å². The van der Waals surface area contributed by atoms with Crippen molar-refractivity contribution < 1.29 is 17.9 Å². The first-order valence-electron chi connectivity index (χ1n) is 7.11. The summed E-state index contributed by atoms with van der Waals surface area (Å²) in [4.78, 5) is 9.31. The predicted molar refractivity (Wildman–Crippen MR) is 79.8 cm³/mol. The average molecular weight is 324 g/mol. The van der Waals surface area contributed by atoms with Gasteiger partial charge in [0.05, 0.1) is 25.6 Å². The van der Waals surface area contributed by atoms with E-state index < -0.39 is 11.9 Å². The number of hydrogen-bond acceptors (Lipinski definition) is 5. The average Bonchev–Trinajstić information content (AvgIpc) is 2.56. The molecule has 1 saturated heterocycles. The highest BCUT2D eigenvalue weighted by atomic mass is 19.4. The number of benzene rings is 1. The summed E-state index contributed by atoms with van der Waals surface area (Å²) in [7, 11) is 0. The van der Waals surface area contributed by atoms with Crippen LogP contribution in [0.2, 0.25) is 0 Å². The Hall–Kier alpha value is -2.35. The van der Waals surface area contributed by atoms with Crippen molar-refractivity contribution in [2.75, 3.05) is 36.5 Å². The minimum Gasteiger partial charge on any atom is -0.378 e. The van der Waals surface area contributed by atoms with Crippen molar-refractivity contribution in [1.82, 2.24) is 9.97 Å². The van der Waals surface area contributed by atoms with E-state index in [1.54, 1.807) is 0 Å². The number of nitrogens with one attached hydrogen (secondary N) is 1. The molecule has 23 heavy (non-hydrogen) atoms. The smallest absolute Gasteiger partial charge is 0.378 e. The second kappa shape index (κ2) is 6.41. The van der Waals surface area contributed by atoms with Gasteiger partial charge < -0.3 is 15.0 Å².